The van der Waals surface area contributed by atoms with Gasteiger partial charge in [0.2, 0.25) is 5.91 Å². The third-order valence-corrected chi connectivity index (χ3v) is 6.93. The first-order valence-corrected chi connectivity index (χ1v) is 11.7. The highest BCUT2D eigenvalue weighted by Crippen LogP contribution is 2.42. The second kappa shape index (κ2) is 13.2. The van der Waals surface area contributed by atoms with Crippen molar-refractivity contribution < 1.29 is 14.3 Å². The number of carbonyl (C=O) groups is 1. The van der Waals surface area contributed by atoms with Gasteiger partial charge in [0.1, 0.15) is 0 Å². The number of primary amides is 1. The topological polar surface area (TPSA) is 101 Å². The SMILES string of the molecule is CN=C(NCC1(c2ccc(OC)c(OC)c2)CCCCC1)NC1CCN(CC(N)=O)CC1.I. The minimum absolute atomic E-state index is 0. The maximum absolute atomic E-state index is 11.2. The summed E-state index contributed by atoms with van der Waals surface area (Å²) in [6, 6.07) is 6.67. The molecule has 9 heteroatoms. The Morgan fingerprint density at radius 1 is 1.15 bits per heavy atom. The van der Waals surface area contributed by atoms with Crippen LogP contribution in [0.5, 0.6) is 11.5 Å². The fourth-order valence-corrected chi connectivity index (χ4v) is 5.06. The summed E-state index contributed by atoms with van der Waals surface area (Å²) >= 11 is 0. The van der Waals surface area contributed by atoms with Crippen LogP contribution in [0.15, 0.2) is 23.2 Å². The molecule has 0 aromatic heterocycles. The highest BCUT2D eigenvalue weighted by Gasteiger charge is 2.35. The van der Waals surface area contributed by atoms with Gasteiger partial charge in [-0.1, -0.05) is 25.3 Å². The summed E-state index contributed by atoms with van der Waals surface area (Å²) < 4.78 is 11.0. The van der Waals surface area contributed by atoms with Gasteiger partial charge in [-0.05, 0) is 43.4 Å². The van der Waals surface area contributed by atoms with E-state index in [9.17, 15) is 4.79 Å². The fraction of sp³-hybridized carbons (Fsp3) is 0.667. The zero-order valence-corrected chi connectivity index (χ0v) is 22.5. The number of piperidine rings is 1. The number of hydrogen-bond acceptors (Lipinski definition) is 5. The predicted octanol–water partition coefficient (Wildman–Crippen LogP) is 2.64. The molecule has 0 bridgehead atoms. The summed E-state index contributed by atoms with van der Waals surface area (Å²) in [6.45, 7) is 2.90. The molecule has 1 saturated heterocycles. The summed E-state index contributed by atoms with van der Waals surface area (Å²) in [4.78, 5) is 17.8. The molecule has 0 unspecified atom stereocenters. The second-order valence-corrected chi connectivity index (χ2v) is 9.00. The molecule has 8 nitrogen and oxygen atoms in total. The largest absolute Gasteiger partial charge is 0.493 e. The van der Waals surface area contributed by atoms with Crippen LogP contribution < -0.4 is 25.8 Å². The van der Waals surface area contributed by atoms with E-state index in [2.05, 4.69) is 32.7 Å². The van der Waals surface area contributed by atoms with Crippen molar-refractivity contribution in [3.63, 3.8) is 0 Å². The summed E-state index contributed by atoms with van der Waals surface area (Å²) in [5.74, 6) is 2.11. The van der Waals surface area contributed by atoms with E-state index in [4.69, 9.17) is 15.2 Å². The molecule has 1 aliphatic carbocycles. The van der Waals surface area contributed by atoms with Gasteiger partial charge in [-0.15, -0.1) is 24.0 Å². The molecule has 1 amide bonds. The number of aliphatic imine (C=N–C) groups is 1. The molecule has 1 aromatic rings. The maximum atomic E-state index is 11.2. The lowest BCUT2D eigenvalue weighted by Crippen LogP contribution is -2.52. The molecule has 33 heavy (non-hydrogen) atoms. The molecule has 3 rings (SSSR count). The molecular weight excluding hydrogens is 533 g/mol. The van der Waals surface area contributed by atoms with Crippen molar-refractivity contribution in [3.8, 4) is 11.5 Å². The van der Waals surface area contributed by atoms with Crippen LogP contribution in [-0.2, 0) is 10.2 Å². The first-order chi connectivity index (χ1) is 15.5. The zero-order chi connectivity index (χ0) is 23.0. The molecule has 0 radical (unpaired) electrons. The Labute approximate surface area is 215 Å². The van der Waals surface area contributed by atoms with Gasteiger partial charge in [0.25, 0.3) is 0 Å². The molecule has 1 saturated carbocycles. The van der Waals surface area contributed by atoms with Crippen LogP contribution in [0.1, 0.15) is 50.5 Å². The van der Waals surface area contributed by atoms with Crippen LogP contribution in [0.3, 0.4) is 0 Å². The van der Waals surface area contributed by atoms with E-state index >= 15 is 0 Å². The monoisotopic (exact) mass is 573 g/mol. The minimum atomic E-state index is -0.262. The lowest BCUT2D eigenvalue weighted by Gasteiger charge is -2.39. The van der Waals surface area contributed by atoms with E-state index in [0.29, 0.717) is 12.6 Å². The third-order valence-electron chi connectivity index (χ3n) is 6.93. The smallest absolute Gasteiger partial charge is 0.231 e. The normalized spacial score (nSPS) is 19.3. The number of benzene rings is 1. The zero-order valence-electron chi connectivity index (χ0n) is 20.2. The van der Waals surface area contributed by atoms with Gasteiger partial charge < -0.3 is 25.8 Å². The molecular formula is C24H40IN5O3. The van der Waals surface area contributed by atoms with Crippen LogP contribution >= 0.6 is 24.0 Å². The van der Waals surface area contributed by atoms with Crippen molar-refractivity contribution in [1.82, 2.24) is 15.5 Å². The lowest BCUT2D eigenvalue weighted by molar-refractivity contribution is -0.119. The molecule has 2 aliphatic rings. The van der Waals surface area contributed by atoms with Crippen LogP contribution in [0.25, 0.3) is 0 Å². The number of nitrogens with one attached hydrogen (secondary N) is 2. The van der Waals surface area contributed by atoms with Crippen molar-refractivity contribution in [2.75, 3.05) is 47.4 Å². The Morgan fingerprint density at radius 2 is 1.82 bits per heavy atom. The molecule has 1 heterocycles. The van der Waals surface area contributed by atoms with Gasteiger partial charge in [-0.25, -0.2) is 0 Å². The van der Waals surface area contributed by atoms with E-state index in [0.717, 1.165) is 62.8 Å². The quantitative estimate of drug-likeness (QED) is 0.251. The van der Waals surface area contributed by atoms with E-state index < -0.39 is 0 Å². The second-order valence-electron chi connectivity index (χ2n) is 9.00. The summed E-state index contributed by atoms with van der Waals surface area (Å²) in [6.07, 6.45) is 7.94. The Bertz CT molecular complexity index is 790. The maximum Gasteiger partial charge on any atom is 0.231 e. The number of hydrogen-bond donors (Lipinski definition) is 3. The molecule has 1 aromatic carbocycles. The fourth-order valence-electron chi connectivity index (χ4n) is 5.06. The Kier molecular flexibility index (Phi) is 11.0. The van der Waals surface area contributed by atoms with Crippen molar-refractivity contribution in [2.45, 2.75) is 56.4 Å². The van der Waals surface area contributed by atoms with Crippen molar-refractivity contribution in [3.05, 3.63) is 23.8 Å². The highest BCUT2D eigenvalue weighted by molar-refractivity contribution is 14.0. The molecule has 0 spiro atoms. The molecule has 1 aliphatic heterocycles. The number of carbonyl (C=O) groups excluding carboxylic acids is 1. The number of rotatable bonds is 8. The summed E-state index contributed by atoms with van der Waals surface area (Å²) in [5, 5.41) is 7.19. The van der Waals surface area contributed by atoms with Crippen LogP contribution in [0, 0.1) is 0 Å². The number of halogens is 1. The van der Waals surface area contributed by atoms with Gasteiger partial charge in [0.15, 0.2) is 17.5 Å². The molecule has 4 N–H and O–H groups in total. The number of likely N-dealkylation sites (tertiary alicyclic amines) is 1. The van der Waals surface area contributed by atoms with Crippen molar-refractivity contribution in [2.24, 2.45) is 10.7 Å². The Hall–Kier alpha value is -1.75. The van der Waals surface area contributed by atoms with Gasteiger partial charge in [0, 0.05) is 38.1 Å². The van der Waals surface area contributed by atoms with Gasteiger partial charge in [0.05, 0.1) is 20.8 Å². The van der Waals surface area contributed by atoms with Crippen molar-refractivity contribution in [1.29, 1.82) is 0 Å². The van der Waals surface area contributed by atoms with Gasteiger partial charge >= 0.3 is 0 Å². The number of nitrogens with two attached hydrogens (primary N) is 1. The number of ether oxygens (including phenoxy) is 2. The molecule has 186 valence electrons. The van der Waals surface area contributed by atoms with Crippen LogP contribution in [0.4, 0.5) is 0 Å². The van der Waals surface area contributed by atoms with E-state index in [1.807, 2.05) is 13.1 Å². The molecule has 2 fully saturated rings. The summed E-state index contributed by atoms with van der Waals surface area (Å²) in [7, 11) is 5.18. The van der Waals surface area contributed by atoms with E-state index in [1.165, 1.54) is 24.8 Å². The number of amides is 1. The third kappa shape index (κ3) is 7.37. The first-order valence-electron chi connectivity index (χ1n) is 11.7. The average Bonchev–Trinajstić information content (AvgIpc) is 2.82. The summed E-state index contributed by atoms with van der Waals surface area (Å²) in [5.41, 5.74) is 6.66. The predicted molar refractivity (Wildman–Crippen MR) is 143 cm³/mol. The number of methoxy groups -OCH3 is 2. The van der Waals surface area contributed by atoms with Gasteiger partial charge in [-0.2, -0.15) is 0 Å². The van der Waals surface area contributed by atoms with E-state index in [-0.39, 0.29) is 35.3 Å². The molecule has 0 atom stereocenters. The number of nitrogens with zero attached hydrogens (tertiary/aromatic N) is 2. The Balaban J connectivity index is 0.00000385. The average molecular weight is 574 g/mol. The van der Waals surface area contributed by atoms with E-state index in [1.54, 1.807) is 14.2 Å². The minimum Gasteiger partial charge on any atom is -0.493 e. The van der Waals surface area contributed by atoms with Crippen LogP contribution in [0.2, 0.25) is 0 Å². The van der Waals surface area contributed by atoms with Crippen molar-refractivity contribution >= 4 is 35.8 Å². The standard InChI is InChI=1S/C24H39N5O3.HI/c1-26-23(28-19-9-13-29(14-10-19)16-22(25)30)27-17-24(11-5-4-6-12-24)18-7-8-20(31-2)21(15-18)32-3;/h7-8,15,19H,4-6,9-14,16-17H2,1-3H3,(H2,25,30)(H2,26,27,28);1H. The van der Waals surface area contributed by atoms with Crippen LogP contribution in [-0.4, -0.2) is 70.3 Å². The van der Waals surface area contributed by atoms with Gasteiger partial charge in [-0.3, -0.25) is 14.7 Å². The highest BCUT2D eigenvalue weighted by atomic mass is 127. The lowest BCUT2D eigenvalue weighted by atomic mass is 9.69. The Morgan fingerprint density at radius 3 is 2.39 bits per heavy atom. The first kappa shape index (κ1) is 27.5. The number of guanidine groups is 1.